The fourth-order valence-corrected chi connectivity index (χ4v) is 8.61. The summed E-state index contributed by atoms with van der Waals surface area (Å²) in [5.41, 5.74) is 8.74. The summed E-state index contributed by atoms with van der Waals surface area (Å²) in [6.07, 6.45) is 4.57. The van der Waals surface area contributed by atoms with E-state index in [0.29, 0.717) is 110 Å². The number of carboxylic acid groups (broad SMARTS) is 1. The molecule has 0 saturated carbocycles. The lowest BCUT2D eigenvalue weighted by atomic mass is 9.89. The molecule has 4 amide bonds. The van der Waals surface area contributed by atoms with Crippen molar-refractivity contribution in [3.8, 4) is 22.5 Å². The van der Waals surface area contributed by atoms with E-state index in [1.807, 2.05) is 11.8 Å². The van der Waals surface area contributed by atoms with Crippen LogP contribution in [0.5, 0.6) is 0 Å². The molecule has 16 heteroatoms. The number of hydrogen-bond donors (Lipinski definition) is 7. The highest BCUT2D eigenvalue weighted by Gasteiger charge is 2.42. The van der Waals surface area contributed by atoms with Gasteiger partial charge >= 0.3 is 12.0 Å². The Bertz CT molecular complexity index is 2080. The zero-order valence-electron chi connectivity index (χ0n) is 31.7. The van der Waals surface area contributed by atoms with Crippen LogP contribution in [-0.2, 0) is 19.0 Å². The van der Waals surface area contributed by atoms with Crippen molar-refractivity contribution in [1.82, 2.24) is 21.3 Å². The number of aromatic carboxylic acids is 1. The van der Waals surface area contributed by atoms with Crippen molar-refractivity contribution < 1.29 is 42.9 Å². The zero-order chi connectivity index (χ0) is 40.1. The number of anilines is 1. The van der Waals surface area contributed by atoms with Gasteiger partial charge in [-0.15, -0.1) is 0 Å². The lowest BCUT2D eigenvalue weighted by Crippen LogP contribution is -2.36. The molecule has 2 aromatic rings. The molecule has 0 bridgehead atoms. The summed E-state index contributed by atoms with van der Waals surface area (Å²) < 4.78 is 22.8. The van der Waals surface area contributed by atoms with Crippen LogP contribution < -0.4 is 32.4 Å². The maximum atomic E-state index is 13.0. The molecule has 4 aliphatic rings. The Morgan fingerprint density at radius 2 is 1.58 bits per heavy atom. The maximum Gasteiger partial charge on any atom is 0.336 e. The summed E-state index contributed by atoms with van der Waals surface area (Å²) in [4.78, 5) is 49.1. The van der Waals surface area contributed by atoms with E-state index in [0.717, 1.165) is 31.4 Å². The van der Waals surface area contributed by atoms with Crippen molar-refractivity contribution in [2.75, 3.05) is 64.2 Å². The highest BCUT2D eigenvalue weighted by atomic mass is 32.2. The molecule has 0 spiro atoms. The molecule has 6 rings (SSSR count). The van der Waals surface area contributed by atoms with Crippen LogP contribution in [0, 0.1) is 5.41 Å². The van der Waals surface area contributed by atoms with E-state index in [4.69, 9.17) is 29.8 Å². The highest BCUT2D eigenvalue weighted by Crippen LogP contribution is 2.42. The molecule has 1 aliphatic carbocycles. The van der Waals surface area contributed by atoms with E-state index in [-0.39, 0.29) is 40.5 Å². The second kappa shape index (κ2) is 20.3. The minimum absolute atomic E-state index is 0.0449. The van der Waals surface area contributed by atoms with Gasteiger partial charge in [0.05, 0.1) is 49.4 Å². The summed E-state index contributed by atoms with van der Waals surface area (Å²) in [5, 5.41) is 31.3. The van der Waals surface area contributed by atoms with E-state index in [9.17, 15) is 24.3 Å². The van der Waals surface area contributed by atoms with Crippen LogP contribution in [0.3, 0.4) is 0 Å². The number of rotatable bonds is 22. The summed E-state index contributed by atoms with van der Waals surface area (Å²) in [6.45, 7) is 3.50. The van der Waals surface area contributed by atoms with Crippen LogP contribution in [0.4, 0.5) is 10.5 Å². The van der Waals surface area contributed by atoms with Gasteiger partial charge < -0.3 is 56.1 Å². The van der Waals surface area contributed by atoms with Crippen molar-refractivity contribution in [3.05, 3.63) is 71.1 Å². The van der Waals surface area contributed by atoms with E-state index in [1.54, 1.807) is 48.5 Å². The normalized spacial score (nSPS) is 17.3. The Balaban J connectivity index is 0.805. The first-order chi connectivity index (χ1) is 27.7. The van der Waals surface area contributed by atoms with Gasteiger partial charge in [-0.1, -0.05) is 12.5 Å². The largest absolute Gasteiger partial charge is 0.478 e. The number of carboxylic acids is 1. The number of amides is 4. The van der Waals surface area contributed by atoms with Crippen LogP contribution >= 0.6 is 11.8 Å². The zero-order valence-corrected chi connectivity index (χ0v) is 32.6. The standard InChI is InChI=1S/C41H50N6O9S/c42-26-8-11-29-33(22-26)56-34-23-27(43)9-12-30(34)37(29)28-10-7-25(21-31(28)40(50)51)39(49)45-14-4-16-54-18-20-55-19-17-53-15-3-13-44-36(48)6-2-1-5-35-38-32(24-57-35)46-41(52)47-38/h7-12,21-23,32,35,38,42H,1-6,13-20,24,43H2,(H,44,48)(H,45,49)(H,50,51)(H2,46,47,52)/t32-,35-,38-/m0/s1. The first kappa shape index (κ1) is 41.5. The Labute approximate surface area is 334 Å². The monoisotopic (exact) mass is 802 g/mol. The number of hydrogen-bond acceptors (Lipinski definition) is 11. The quantitative estimate of drug-likeness (QED) is 0.0256. The average Bonchev–Trinajstić information content (AvgIpc) is 3.75. The van der Waals surface area contributed by atoms with Crippen molar-refractivity contribution in [3.63, 3.8) is 0 Å². The first-order valence-corrected chi connectivity index (χ1v) is 20.4. The third kappa shape index (κ3) is 11.2. The molecule has 2 fully saturated rings. The van der Waals surface area contributed by atoms with E-state index in [2.05, 4.69) is 21.3 Å². The van der Waals surface area contributed by atoms with Crippen LogP contribution in [-0.4, -0.2) is 105 Å². The number of thioether (sulfide) groups is 1. The van der Waals surface area contributed by atoms with Gasteiger partial charge in [-0.2, -0.15) is 11.8 Å². The number of carbonyl (C=O) groups excluding carboxylic acids is 3. The summed E-state index contributed by atoms with van der Waals surface area (Å²) in [7, 11) is 0. The molecule has 0 aromatic heterocycles. The minimum Gasteiger partial charge on any atom is -0.478 e. The fraction of sp³-hybridized carbons (Fsp3) is 0.439. The van der Waals surface area contributed by atoms with E-state index < -0.39 is 11.9 Å². The van der Waals surface area contributed by atoms with E-state index in [1.165, 1.54) is 6.07 Å². The number of nitrogens with two attached hydrogens (primary N) is 1. The molecule has 0 radical (unpaired) electrons. The Hall–Kier alpha value is -5.16. The van der Waals surface area contributed by atoms with Crippen molar-refractivity contribution >= 4 is 52.2 Å². The molecule has 304 valence electrons. The van der Waals surface area contributed by atoms with Gasteiger partial charge in [-0.3, -0.25) is 9.59 Å². The molecule has 2 aromatic carbocycles. The molecule has 0 unspecified atom stereocenters. The number of nitrogen functional groups attached to an aromatic ring is 1. The molecular formula is C41H50N6O9S. The van der Waals surface area contributed by atoms with Gasteiger partial charge in [0.15, 0.2) is 0 Å². The lowest BCUT2D eigenvalue weighted by molar-refractivity contribution is -0.121. The van der Waals surface area contributed by atoms with Gasteiger partial charge in [-0.05, 0) is 67.6 Å². The summed E-state index contributed by atoms with van der Waals surface area (Å²) in [6, 6.07) is 15.0. The van der Waals surface area contributed by atoms with Gasteiger partial charge in [-0.25, -0.2) is 9.59 Å². The predicted molar refractivity (Wildman–Crippen MR) is 216 cm³/mol. The maximum absolute atomic E-state index is 13.0. The molecule has 3 atom stereocenters. The molecule has 3 heterocycles. The second-order valence-electron chi connectivity index (χ2n) is 14.0. The third-order valence-corrected chi connectivity index (χ3v) is 11.4. The SMILES string of the molecule is N=c1ccc2c(-c3ccc(C(=O)NCCCOCCOCCOCCCNC(=O)CCCC[C@@H]4SC[C@@H]5NC(=O)N[C@@H]54)cc3C(=O)O)c3ccc(N)cc3oc-2c1. The minimum atomic E-state index is -1.19. The Kier molecular flexibility index (Phi) is 14.8. The van der Waals surface area contributed by atoms with Gasteiger partial charge in [0.1, 0.15) is 11.3 Å². The second-order valence-corrected chi connectivity index (χ2v) is 15.3. The van der Waals surface area contributed by atoms with Crippen molar-refractivity contribution in [2.24, 2.45) is 0 Å². The number of urea groups is 1. The molecule has 3 aliphatic heterocycles. The Morgan fingerprint density at radius 1 is 0.860 bits per heavy atom. The number of unbranched alkanes of at least 4 members (excludes halogenated alkanes) is 1. The first-order valence-electron chi connectivity index (χ1n) is 19.3. The Morgan fingerprint density at radius 3 is 2.33 bits per heavy atom. The van der Waals surface area contributed by atoms with Gasteiger partial charge in [0.2, 0.25) is 5.91 Å². The smallest absolute Gasteiger partial charge is 0.336 e. The number of fused-ring (bicyclic) bond motifs is 3. The van der Waals surface area contributed by atoms with Crippen LogP contribution in [0.15, 0.2) is 59.0 Å². The number of carbonyl (C=O) groups is 4. The fourth-order valence-electron chi connectivity index (χ4n) is 7.06. The lowest BCUT2D eigenvalue weighted by Gasteiger charge is -2.17. The number of ether oxygens (including phenoxy) is 3. The topological polar surface area (TPSA) is 227 Å². The summed E-state index contributed by atoms with van der Waals surface area (Å²) in [5.74, 6) is -0.175. The van der Waals surface area contributed by atoms with Crippen molar-refractivity contribution in [2.45, 2.75) is 55.9 Å². The molecule has 15 nitrogen and oxygen atoms in total. The van der Waals surface area contributed by atoms with Gasteiger partial charge in [0.25, 0.3) is 5.91 Å². The van der Waals surface area contributed by atoms with E-state index >= 15 is 0 Å². The molecular weight excluding hydrogens is 753 g/mol. The number of benzene rings is 3. The van der Waals surface area contributed by atoms with Crippen LogP contribution in [0.2, 0.25) is 0 Å². The molecule has 8 N–H and O–H groups in total. The van der Waals surface area contributed by atoms with Crippen LogP contribution in [0.1, 0.15) is 59.2 Å². The predicted octanol–water partition coefficient (Wildman–Crippen LogP) is 4.37. The third-order valence-electron chi connectivity index (χ3n) is 9.89. The van der Waals surface area contributed by atoms with Crippen molar-refractivity contribution in [1.29, 1.82) is 5.41 Å². The molecule has 2 saturated heterocycles. The highest BCUT2D eigenvalue weighted by molar-refractivity contribution is 8.00. The van der Waals surface area contributed by atoms with Gasteiger partial charge in [0, 0.05) is 83.6 Å². The van der Waals surface area contributed by atoms with Crippen LogP contribution in [0.25, 0.3) is 33.4 Å². The number of nitrogens with one attached hydrogen (secondary N) is 5. The summed E-state index contributed by atoms with van der Waals surface area (Å²) >= 11 is 1.89. The molecule has 57 heavy (non-hydrogen) atoms. The average molecular weight is 803 g/mol.